The van der Waals surface area contributed by atoms with Crippen LogP contribution in [-0.4, -0.2) is 18.0 Å². The topological polar surface area (TPSA) is 39.4 Å². The van der Waals surface area contributed by atoms with Gasteiger partial charge in [0, 0.05) is 19.3 Å². The van der Waals surface area contributed by atoms with Gasteiger partial charge >= 0.3 is 0 Å². The molecule has 3 heteroatoms. The van der Waals surface area contributed by atoms with E-state index in [0.29, 0.717) is 25.9 Å². The van der Waals surface area contributed by atoms with E-state index >= 15 is 0 Å². The van der Waals surface area contributed by atoms with Gasteiger partial charge < -0.3 is 9.15 Å². The van der Waals surface area contributed by atoms with Crippen LogP contribution < -0.4 is 0 Å². The minimum absolute atomic E-state index is 0.283. The minimum atomic E-state index is -0.368. The van der Waals surface area contributed by atoms with Gasteiger partial charge in [-0.3, -0.25) is 4.79 Å². The molecule has 0 aliphatic carbocycles. The zero-order valence-corrected chi connectivity index (χ0v) is 8.29. The van der Waals surface area contributed by atoms with Crippen LogP contribution in [0.15, 0.2) is 22.8 Å². The Morgan fingerprint density at radius 2 is 2.43 bits per heavy atom. The molecule has 1 atom stereocenters. The van der Waals surface area contributed by atoms with Crippen LogP contribution in [0.2, 0.25) is 0 Å². The molecule has 3 nitrogen and oxygen atoms in total. The Hall–Kier alpha value is -1.09. The van der Waals surface area contributed by atoms with Gasteiger partial charge in [0.1, 0.15) is 11.5 Å². The monoisotopic (exact) mass is 194 g/mol. The molecule has 0 spiro atoms. The lowest BCUT2D eigenvalue weighted by molar-refractivity contribution is -0.137. The predicted molar refractivity (Wildman–Crippen MR) is 51.0 cm³/mol. The number of ketones is 1. The molecule has 14 heavy (non-hydrogen) atoms. The van der Waals surface area contributed by atoms with Gasteiger partial charge in [-0.2, -0.15) is 0 Å². The average Bonchev–Trinajstić information content (AvgIpc) is 2.55. The van der Waals surface area contributed by atoms with Crippen molar-refractivity contribution in [1.29, 1.82) is 0 Å². The summed E-state index contributed by atoms with van der Waals surface area (Å²) in [5.74, 6) is 1.16. The Kier molecular flexibility index (Phi) is 2.42. The SMILES string of the molecule is CC1(Cc2ccco2)CC(=O)CCO1. The molecule has 2 heterocycles. The normalized spacial score (nSPS) is 27.9. The van der Waals surface area contributed by atoms with Crippen LogP contribution in [0.1, 0.15) is 25.5 Å². The van der Waals surface area contributed by atoms with Crippen LogP contribution in [0.4, 0.5) is 0 Å². The number of hydrogen-bond acceptors (Lipinski definition) is 3. The van der Waals surface area contributed by atoms with Crippen molar-refractivity contribution in [2.75, 3.05) is 6.61 Å². The fraction of sp³-hybridized carbons (Fsp3) is 0.545. The Bertz CT molecular complexity index is 315. The van der Waals surface area contributed by atoms with Gasteiger partial charge in [-0.05, 0) is 19.1 Å². The molecule has 1 saturated heterocycles. The van der Waals surface area contributed by atoms with Crippen LogP contribution in [0, 0.1) is 0 Å². The van der Waals surface area contributed by atoms with E-state index in [9.17, 15) is 4.79 Å². The van der Waals surface area contributed by atoms with E-state index in [0.717, 1.165) is 5.76 Å². The Balaban J connectivity index is 2.05. The largest absolute Gasteiger partial charge is 0.469 e. The number of ether oxygens (including phenoxy) is 1. The zero-order chi connectivity index (χ0) is 10.0. The number of Topliss-reactive ketones (excluding diaryl/α,β-unsaturated/α-hetero) is 1. The highest BCUT2D eigenvalue weighted by Crippen LogP contribution is 2.26. The van der Waals surface area contributed by atoms with Crippen molar-refractivity contribution in [2.24, 2.45) is 0 Å². The summed E-state index contributed by atoms with van der Waals surface area (Å²) in [7, 11) is 0. The van der Waals surface area contributed by atoms with Crippen molar-refractivity contribution in [1.82, 2.24) is 0 Å². The number of furan rings is 1. The highest BCUT2D eigenvalue weighted by Gasteiger charge is 2.33. The van der Waals surface area contributed by atoms with Crippen LogP contribution in [0.25, 0.3) is 0 Å². The standard InChI is InChI=1S/C11H14O3/c1-11(7-9(12)4-6-14-11)8-10-3-2-5-13-10/h2-3,5H,4,6-8H2,1H3. The van der Waals surface area contributed by atoms with E-state index in [1.54, 1.807) is 6.26 Å². The molecule has 0 aromatic carbocycles. The van der Waals surface area contributed by atoms with Gasteiger partial charge in [-0.25, -0.2) is 0 Å². The smallest absolute Gasteiger partial charge is 0.138 e. The van der Waals surface area contributed by atoms with Crippen LogP contribution >= 0.6 is 0 Å². The Morgan fingerprint density at radius 1 is 1.57 bits per heavy atom. The maximum absolute atomic E-state index is 11.3. The van der Waals surface area contributed by atoms with E-state index in [-0.39, 0.29) is 11.4 Å². The molecular formula is C11H14O3. The highest BCUT2D eigenvalue weighted by molar-refractivity contribution is 5.80. The summed E-state index contributed by atoms with van der Waals surface area (Å²) in [6, 6.07) is 3.76. The third-order valence-corrected chi connectivity index (χ3v) is 2.53. The fourth-order valence-corrected chi connectivity index (χ4v) is 1.86. The molecule has 2 rings (SSSR count). The first-order valence-electron chi connectivity index (χ1n) is 4.86. The van der Waals surface area contributed by atoms with E-state index in [1.165, 1.54) is 0 Å². The molecular weight excluding hydrogens is 180 g/mol. The number of carbonyl (C=O) groups is 1. The van der Waals surface area contributed by atoms with Crippen molar-refractivity contribution < 1.29 is 13.9 Å². The molecule has 0 N–H and O–H groups in total. The fourth-order valence-electron chi connectivity index (χ4n) is 1.86. The second-order valence-electron chi connectivity index (χ2n) is 4.02. The van der Waals surface area contributed by atoms with Gasteiger partial charge in [-0.1, -0.05) is 0 Å². The van der Waals surface area contributed by atoms with Crippen molar-refractivity contribution in [3.63, 3.8) is 0 Å². The molecule has 0 amide bonds. The summed E-state index contributed by atoms with van der Waals surface area (Å²) in [5, 5.41) is 0. The summed E-state index contributed by atoms with van der Waals surface area (Å²) >= 11 is 0. The third kappa shape index (κ3) is 2.04. The van der Waals surface area contributed by atoms with Gasteiger partial charge in [0.2, 0.25) is 0 Å². The first-order chi connectivity index (χ1) is 6.68. The maximum Gasteiger partial charge on any atom is 0.138 e. The van der Waals surface area contributed by atoms with Crippen LogP contribution in [0.5, 0.6) is 0 Å². The lowest BCUT2D eigenvalue weighted by Crippen LogP contribution is -2.39. The number of rotatable bonds is 2. The lowest BCUT2D eigenvalue weighted by atomic mass is 9.91. The second-order valence-corrected chi connectivity index (χ2v) is 4.02. The molecule has 76 valence electrons. The van der Waals surface area contributed by atoms with Gasteiger partial charge in [0.15, 0.2) is 0 Å². The third-order valence-electron chi connectivity index (χ3n) is 2.53. The molecule has 0 saturated carbocycles. The van der Waals surface area contributed by atoms with Crippen LogP contribution in [-0.2, 0) is 16.0 Å². The summed E-state index contributed by atoms with van der Waals surface area (Å²) in [5.41, 5.74) is -0.368. The van der Waals surface area contributed by atoms with Crippen molar-refractivity contribution in [3.05, 3.63) is 24.2 Å². The second kappa shape index (κ2) is 3.58. The molecule has 1 fully saturated rings. The minimum Gasteiger partial charge on any atom is -0.469 e. The maximum atomic E-state index is 11.3. The molecule has 1 aromatic heterocycles. The molecule has 0 radical (unpaired) electrons. The van der Waals surface area contributed by atoms with Crippen molar-refractivity contribution in [3.8, 4) is 0 Å². The van der Waals surface area contributed by atoms with Crippen molar-refractivity contribution in [2.45, 2.75) is 31.8 Å². The summed E-state index contributed by atoms with van der Waals surface area (Å²) < 4.78 is 10.9. The Morgan fingerprint density at radius 3 is 3.07 bits per heavy atom. The van der Waals surface area contributed by atoms with E-state index in [2.05, 4.69) is 0 Å². The summed E-state index contributed by atoms with van der Waals surface area (Å²) in [6.07, 6.45) is 3.36. The first-order valence-corrected chi connectivity index (χ1v) is 4.86. The quantitative estimate of drug-likeness (QED) is 0.722. The van der Waals surface area contributed by atoms with Gasteiger partial charge in [0.25, 0.3) is 0 Å². The van der Waals surface area contributed by atoms with Crippen LogP contribution in [0.3, 0.4) is 0 Å². The predicted octanol–water partition coefficient (Wildman–Crippen LogP) is 1.96. The van der Waals surface area contributed by atoms with E-state index in [1.807, 2.05) is 19.1 Å². The lowest BCUT2D eigenvalue weighted by Gasteiger charge is -2.32. The van der Waals surface area contributed by atoms with Gasteiger partial charge in [-0.15, -0.1) is 0 Å². The molecule has 0 bridgehead atoms. The number of hydrogen-bond donors (Lipinski definition) is 0. The zero-order valence-electron chi connectivity index (χ0n) is 8.29. The van der Waals surface area contributed by atoms with Crippen molar-refractivity contribution >= 4 is 5.78 Å². The number of carbonyl (C=O) groups excluding carboxylic acids is 1. The van der Waals surface area contributed by atoms with E-state index < -0.39 is 0 Å². The molecule has 1 aliphatic rings. The average molecular weight is 194 g/mol. The summed E-state index contributed by atoms with van der Waals surface area (Å²) in [4.78, 5) is 11.3. The molecule has 1 aromatic rings. The van der Waals surface area contributed by atoms with E-state index in [4.69, 9.17) is 9.15 Å². The molecule has 1 unspecified atom stereocenters. The summed E-state index contributed by atoms with van der Waals surface area (Å²) in [6.45, 7) is 2.50. The first kappa shape index (κ1) is 9.46. The Labute approximate surface area is 83.0 Å². The highest BCUT2D eigenvalue weighted by atomic mass is 16.5. The van der Waals surface area contributed by atoms with Gasteiger partial charge in [0.05, 0.1) is 18.5 Å². The molecule has 1 aliphatic heterocycles.